The number of nitrogens with zero attached hydrogens (tertiary/aromatic N) is 1. The summed E-state index contributed by atoms with van der Waals surface area (Å²) in [6.07, 6.45) is 2.37. The van der Waals surface area contributed by atoms with Gasteiger partial charge in [0.2, 0.25) is 5.91 Å². The van der Waals surface area contributed by atoms with Crippen molar-refractivity contribution in [1.82, 2.24) is 4.90 Å². The minimum Gasteiger partial charge on any atom is -0.491 e. The van der Waals surface area contributed by atoms with Crippen LogP contribution in [-0.4, -0.2) is 29.4 Å². The van der Waals surface area contributed by atoms with Gasteiger partial charge in [-0.25, -0.2) is 0 Å². The van der Waals surface area contributed by atoms with Gasteiger partial charge in [0, 0.05) is 6.54 Å². The Morgan fingerprint density at radius 1 is 1.03 bits per heavy atom. The second kappa shape index (κ2) is 8.52. The summed E-state index contributed by atoms with van der Waals surface area (Å²) in [4.78, 5) is 27.5. The smallest absolute Gasteiger partial charge is 0.311 e. The van der Waals surface area contributed by atoms with E-state index in [-0.39, 0.29) is 17.8 Å². The van der Waals surface area contributed by atoms with Crippen molar-refractivity contribution in [1.29, 1.82) is 0 Å². The molecule has 5 rings (SSSR count). The third-order valence-electron chi connectivity index (χ3n) is 5.52. The summed E-state index contributed by atoms with van der Waals surface area (Å²) in [6.45, 7) is 2.97. The molecule has 0 saturated carbocycles. The van der Waals surface area contributed by atoms with Gasteiger partial charge in [-0.05, 0) is 30.5 Å². The van der Waals surface area contributed by atoms with Gasteiger partial charge in [0.15, 0.2) is 0 Å². The van der Waals surface area contributed by atoms with Crippen molar-refractivity contribution < 1.29 is 19.1 Å². The molecule has 1 fully saturated rings. The number of hydrogen-bond donors (Lipinski definition) is 0. The topological polar surface area (TPSA) is 55.8 Å². The van der Waals surface area contributed by atoms with Crippen molar-refractivity contribution in [2.75, 3.05) is 6.61 Å². The Bertz CT molecular complexity index is 894. The van der Waals surface area contributed by atoms with Gasteiger partial charge in [0.25, 0.3) is 0 Å². The zero-order valence-electron chi connectivity index (χ0n) is 16.5. The molecule has 2 aromatic carbocycles. The van der Waals surface area contributed by atoms with Gasteiger partial charge in [0.05, 0.1) is 18.4 Å². The Labute approximate surface area is 170 Å². The lowest BCUT2D eigenvalue weighted by Gasteiger charge is -2.47. The molecule has 1 aliphatic carbocycles. The van der Waals surface area contributed by atoms with Crippen molar-refractivity contribution in [3.05, 3.63) is 83.6 Å². The van der Waals surface area contributed by atoms with E-state index >= 15 is 0 Å². The fourth-order valence-electron chi connectivity index (χ4n) is 4.16. The number of esters is 1. The van der Waals surface area contributed by atoms with E-state index in [1.54, 1.807) is 11.8 Å². The highest BCUT2D eigenvalue weighted by Gasteiger charge is 2.51. The fourth-order valence-corrected chi connectivity index (χ4v) is 4.16. The number of hydrogen-bond acceptors (Lipinski definition) is 4. The Kier molecular flexibility index (Phi) is 5.65. The third kappa shape index (κ3) is 4.04. The quantitative estimate of drug-likeness (QED) is 0.676. The molecule has 0 spiro atoms. The van der Waals surface area contributed by atoms with E-state index in [1.807, 2.05) is 66.7 Å². The lowest BCUT2D eigenvalue weighted by Crippen LogP contribution is -2.58. The first-order valence-electron chi connectivity index (χ1n) is 10.1. The number of carbonyl (C=O) groups is 2. The van der Waals surface area contributed by atoms with E-state index in [4.69, 9.17) is 9.47 Å². The number of fused-ring (bicyclic) bond motifs is 2. The lowest BCUT2D eigenvalue weighted by atomic mass is 9.75. The average Bonchev–Trinajstić information content (AvgIpc) is 2.76. The Balaban J connectivity index is 1.61. The van der Waals surface area contributed by atoms with Crippen LogP contribution in [0.2, 0.25) is 0 Å². The summed E-state index contributed by atoms with van der Waals surface area (Å²) in [5.74, 6) is -0.284. The Hall–Kier alpha value is -3.08. The number of piperidine rings is 1. The van der Waals surface area contributed by atoms with Crippen LogP contribution >= 0.6 is 0 Å². The first-order chi connectivity index (χ1) is 14.2. The van der Waals surface area contributed by atoms with Crippen LogP contribution in [0.25, 0.3) is 0 Å². The molecule has 0 aromatic heterocycles. The van der Waals surface area contributed by atoms with Gasteiger partial charge >= 0.3 is 5.97 Å². The molecule has 29 heavy (non-hydrogen) atoms. The van der Waals surface area contributed by atoms with E-state index < -0.39 is 12.0 Å². The molecular weight excluding hydrogens is 366 g/mol. The SMILES string of the molecule is CCOC(=O)[C@H]1C[C@H]2C=C(OCc3ccccc3)[C@@H]1N(Cc1ccccc1)C2=O. The molecule has 2 aliphatic heterocycles. The van der Waals surface area contributed by atoms with E-state index in [2.05, 4.69) is 0 Å². The molecule has 0 N–H and O–H groups in total. The molecule has 2 bridgehead atoms. The van der Waals surface area contributed by atoms with Crippen molar-refractivity contribution in [3.8, 4) is 0 Å². The van der Waals surface area contributed by atoms with Crippen LogP contribution in [0, 0.1) is 11.8 Å². The van der Waals surface area contributed by atoms with E-state index in [0.717, 1.165) is 11.1 Å². The summed E-state index contributed by atoms with van der Waals surface area (Å²) in [6, 6.07) is 19.3. The van der Waals surface area contributed by atoms with Gasteiger partial charge in [-0.15, -0.1) is 0 Å². The molecule has 5 nitrogen and oxygen atoms in total. The van der Waals surface area contributed by atoms with Crippen LogP contribution in [0.5, 0.6) is 0 Å². The number of benzene rings is 2. The van der Waals surface area contributed by atoms with Crippen LogP contribution in [0.3, 0.4) is 0 Å². The largest absolute Gasteiger partial charge is 0.491 e. The number of rotatable bonds is 7. The molecule has 3 atom stereocenters. The van der Waals surface area contributed by atoms with Gasteiger partial charge in [-0.2, -0.15) is 0 Å². The summed E-state index contributed by atoms with van der Waals surface area (Å²) in [5, 5.41) is 0. The molecule has 0 unspecified atom stereocenters. The lowest BCUT2D eigenvalue weighted by molar-refractivity contribution is -0.161. The van der Waals surface area contributed by atoms with Gasteiger partial charge in [-0.1, -0.05) is 60.7 Å². The highest BCUT2D eigenvalue weighted by Crippen LogP contribution is 2.41. The minimum absolute atomic E-state index is 0.0477. The number of ether oxygens (including phenoxy) is 2. The molecule has 3 aliphatic rings. The van der Waals surface area contributed by atoms with Crippen LogP contribution in [0.15, 0.2) is 72.5 Å². The van der Waals surface area contributed by atoms with E-state index in [0.29, 0.717) is 31.9 Å². The standard InChI is InChI=1S/C24H25NO4/c1-2-28-24(27)20-13-19-14-21(29-16-18-11-7-4-8-12-18)22(20)25(23(19)26)15-17-9-5-3-6-10-17/h3-12,14,19-20,22H,2,13,15-16H2,1H3/t19-,20-,22+/m0/s1. The molecular formula is C24H25NO4. The normalized spacial score (nSPS) is 22.9. The molecule has 2 heterocycles. The molecule has 0 radical (unpaired) electrons. The van der Waals surface area contributed by atoms with Crippen LogP contribution < -0.4 is 0 Å². The van der Waals surface area contributed by atoms with Gasteiger partial charge in [0.1, 0.15) is 18.4 Å². The maximum Gasteiger partial charge on any atom is 0.311 e. The van der Waals surface area contributed by atoms with Crippen molar-refractivity contribution in [2.45, 2.75) is 32.5 Å². The zero-order chi connectivity index (χ0) is 20.2. The second-order valence-electron chi connectivity index (χ2n) is 7.44. The minimum atomic E-state index is -0.435. The van der Waals surface area contributed by atoms with E-state index in [1.165, 1.54) is 0 Å². The summed E-state index contributed by atoms with van der Waals surface area (Å²) < 4.78 is 11.5. The van der Waals surface area contributed by atoms with Crippen molar-refractivity contribution >= 4 is 11.9 Å². The van der Waals surface area contributed by atoms with Crippen LogP contribution in [-0.2, 0) is 32.2 Å². The molecule has 5 heteroatoms. The third-order valence-corrected chi connectivity index (χ3v) is 5.52. The van der Waals surface area contributed by atoms with Crippen molar-refractivity contribution in [3.63, 3.8) is 0 Å². The Morgan fingerprint density at radius 2 is 1.69 bits per heavy atom. The first-order valence-corrected chi connectivity index (χ1v) is 10.1. The predicted molar refractivity (Wildman–Crippen MR) is 108 cm³/mol. The van der Waals surface area contributed by atoms with Gasteiger partial charge < -0.3 is 14.4 Å². The Morgan fingerprint density at radius 3 is 2.34 bits per heavy atom. The first kappa shape index (κ1) is 19.2. The molecule has 2 aromatic rings. The number of amides is 1. The highest BCUT2D eigenvalue weighted by molar-refractivity contribution is 5.87. The molecule has 1 saturated heterocycles. The molecule has 150 valence electrons. The van der Waals surface area contributed by atoms with E-state index in [9.17, 15) is 9.59 Å². The predicted octanol–water partition coefficient (Wildman–Crippen LogP) is 3.70. The average molecular weight is 391 g/mol. The summed E-state index contributed by atoms with van der Waals surface area (Å²) >= 11 is 0. The van der Waals surface area contributed by atoms with Crippen LogP contribution in [0.4, 0.5) is 0 Å². The maximum absolute atomic E-state index is 13.0. The maximum atomic E-state index is 13.0. The number of carbonyl (C=O) groups excluding carboxylic acids is 2. The second-order valence-corrected chi connectivity index (χ2v) is 7.44. The van der Waals surface area contributed by atoms with Crippen molar-refractivity contribution in [2.24, 2.45) is 11.8 Å². The zero-order valence-corrected chi connectivity index (χ0v) is 16.5. The molecule has 1 amide bonds. The van der Waals surface area contributed by atoms with Crippen LogP contribution in [0.1, 0.15) is 24.5 Å². The highest BCUT2D eigenvalue weighted by atomic mass is 16.5. The summed E-state index contributed by atoms with van der Waals surface area (Å²) in [7, 11) is 0. The summed E-state index contributed by atoms with van der Waals surface area (Å²) in [5.41, 5.74) is 2.07. The fraction of sp³-hybridized carbons (Fsp3) is 0.333. The van der Waals surface area contributed by atoms with Gasteiger partial charge in [-0.3, -0.25) is 9.59 Å². The monoisotopic (exact) mass is 391 g/mol.